The Morgan fingerprint density at radius 2 is 1.80 bits per heavy atom. The van der Waals surface area contributed by atoms with E-state index >= 15 is 0 Å². The van der Waals surface area contributed by atoms with Crippen molar-refractivity contribution in [1.82, 2.24) is 4.98 Å². The molecule has 128 valence electrons. The number of amides is 3. The standard InChI is InChI=1S/C18H18N4O2S/c19-18(24)21-13-6-3-5-12(11-13)20-16(23)9-4-10-17-22-14-7-1-2-8-15(14)25-17/h1-3,5-8,11H,4,9-10H2,(H,20,23)(H3,19,21,24). The Kier molecular flexibility index (Phi) is 5.25. The third-order valence-electron chi connectivity index (χ3n) is 3.55. The zero-order chi connectivity index (χ0) is 17.6. The molecule has 25 heavy (non-hydrogen) atoms. The predicted octanol–water partition coefficient (Wildman–Crippen LogP) is 3.75. The van der Waals surface area contributed by atoms with Gasteiger partial charge in [-0.1, -0.05) is 18.2 Å². The van der Waals surface area contributed by atoms with E-state index in [9.17, 15) is 9.59 Å². The summed E-state index contributed by atoms with van der Waals surface area (Å²) in [5.74, 6) is -0.0719. The summed E-state index contributed by atoms with van der Waals surface area (Å²) in [6.45, 7) is 0. The van der Waals surface area contributed by atoms with Crippen LogP contribution in [0.3, 0.4) is 0 Å². The number of hydrogen-bond acceptors (Lipinski definition) is 4. The van der Waals surface area contributed by atoms with E-state index in [0.29, 0.717) is 17.8 Å². The van der Waals surface area contributed by atoms with Gasteiger partial charge in [0, 0.05) is 17.8 Å². The van der Waals surface area contributed by atoms with Crippen molar-refractivity contribution >= 4 is 44.9 Å². The summed E-state index contributed by atoms with van der Waals surface area (Å²) >= 11 is 1.67. The Balaban J connectivity index is 1.50. The van der Waals surface area contributed by atoms with Crippen molar-refractivity contribution < 1.29 is 9.59 Å². The highest BCUT2D eigenvalue weighted by atomic mass is 32.1. The summed E-state index contributed by atoms with van der Waals surface area (Å²) in [7, 11) is 0. The number of nitrogens with one attached hydrogen (secondary N) is 2. The van der Waals surface area contributed by atoms with Gasteiger partial charge in [-0.05, 0) is 43.2 Å². The third-order valence-corrected chi connectivity index (χ3v) is 4.64. The molecule has 3 rings (SSSR count). The fourth-order valence-electron chi connectivity index (χ4n) is 2.47. The minimum Gasteiger partial charge on any atom is -0.351 e. The average Bonchev–Trinajstić information content (AvgIpc) is 2.97. The zero-order valence-corrected chi connectivity index (χ0v) is 14.3. The van der Waals surface area contributed by atoms with Crippen LogP contribution in [-0.2, 0) is 11.2 Å². The molecular formula is C18H18N4O2S. The number of nitrogens with zero attached hydrogens (tertiary/aromatic N) is 1. The fourth-order valence-corrected chi connectivity index (χ4v) is 3.48. The Morgan fingerprint density at radius 3 is 2.56 bits per heavy atom. The van der Waals surface area contributed by atoms with Crippen LogP contribution in [0.15, 0.2) is 48.5 Å². The Morgan fingerprint density at radius 1 is 1.04 bits per heavy atom. The number of urea groups is 1. The molecule has 0 saturated carbocycles. The highest BCUT2D eigenvalue weighted by Crippen LogP contribution is 2.23. The number of carbonyl (C=O) groups excluding carboxylic acids is 2. The number of para-hydroxylation sites is 1. The minimum absolute atomic E-state index is 0.0719. The summed E-state index contributed by atoms with van der Waals surface area (Å²) in [4.78, 5) is 27.5. The van der Waals surface area contributed by atoms with Crippen molar-refractivity contribution in [3.63, 3.8) is 0 Å². The maximum atomic E-state index is 12.1. The van der Waals surface area contributed by atoms with Gasteiger partial charge in [0.05, 0.1) is 15.2 Å². The van der Waals surface area contributed by atoms with Crippen LogP contribution in [0.2, 0.25) is 0 Å². The number of aromatic nitrogens is 1. The number of nitrogens with two attached hydrogens (primary N) is 1. The quantitative estimate of drug-likeness (QED) is 0.629. The Labute approximate surface area is 149 Å². The van der Waals surface area contributed by atoms with Crippen LogP contribution in [-0.4, -0.2) is 16.9 Å². The van der Waals surface area contributed by atoms with Crippen LogP contribution < -0.4 is 16.4 Å². The molecule has 1 aromatic heterocycles. The number of thiazole rings is 1. The normalized spacial score (nSPS) is 10.6. The zero-order valence-electron chi connectivity index (χ0n) is 13.5. The number of carbonyl (C=O) groups is 2. The second kappa shape index (κ2) is 7.76. The smallest absolute Gasteiger partial charge is 0.316 e. The molecule has 0 atom stereocenters. The summed E-state index contributed by atoms with van der Waals surface area (Å²) < 4.78 is 1.17. The summed E-state index contributed by atoms with van der Waals surface area (Å²) in [5, 5.41) is 6.34. The maximum Gasteiger partial charge on any atom is 0.316 e. The van der Waals surface area contributed by atoms with E-state index in [0.717, 1.165) is 23.4 Å². The lowest BCUT2D eigenvalue weighted by Crippen LogP contribution is -2.19. The number of anilines is 2. The molecule has 3 amide bonds. The lowest BCUT2D eigenvalue weighted by Gasteiger charge is -2.07. The van der Waals surface area contributed by atoms with Crippen LogP contribution in [0.5, 0.6) is 0 Å². The first kappa shape index (κ1) is 16.9. The number of aryl methyl sites for hydroxylation is 1. The van der Waals surface area contributed by atoms with E-state index in [-0.39, 0.29) is 5.91 Å². The molecule has 0 saturated heterocycles. The van der Waals surface area contributed by atoms with E-state index in [1.165, 1.54) is 4.70 Å². The van der Waals surface area contributed by atoms with Gasteiger partial charge in [0.15, 0.2) is 0 Å². The highest BCUT2D eigenvalue weighted by molar-refractivity contribution is 7.18. The van der Waals surface area contributed by atoms with Crippen LogP contribution in [0.4, 0.5) is 16.2 Å². The molecule has 7 heteroatoms. The van der Waals surface area contributed by atoms with Gasteiger partial charge in [-0.3, -0.25) is 4.79 Å². The van der Waals surface area contributed by atoms with Crippen molar-refractivity contribution in [3.8, 4) is 0 Å². The van der Waals surface area contributed by atoms with E-state index in [2.05, 4.69) is 21.7 Å². The average molecular weight is 354 g/mol. The third kappa shape index (κ3) is 4.77. The lowest BCUT2D eigenvalue weighted by atomic mass is 10.2. The Bertz CT molecular complexity index is 874. The van der Waals surface area contributed by atoms with E-state index in [4.69, 9.17) is 5.73 Å². The molecule has 2 aromatic carbocycles. The summed E-state index contributed by atoms with van der Waals surface area (Å²) in [5.41, 5.74) is 7.25. The largest absolute Gasteiger partial charge is 0.351 e. The van der Waals surface area contributed by atoms with Crippen LogP contribution in [0.1, 0.15) is 17.8 Å². The predicted molar refractivity (Wildman–Crippen MR) is 101 cm³/mol. The fraction of sp³-hybridized carbons (Fsp3) is 0.167. The molecule has 0 unspecified atom stereocenters. The lowest BCUT2D eigenvalue weighted by molar-refractivity contribution is -0.116. The topological polar surface area (TPSA) is 97.1 Å². The first-order chi connectivity index (χ1) is 12.1. The van der Waals surface area contributed by atoms with Crippen LogP contribution in [0.25, 0.3) is 10.2 Å². The first-order valence-electron chi connectivity index (χ1n) is 7.91. The number of fused-ring (bicyclic) bond motifs is 1. The van der Waals surface area contributed by atoms with Gasteiger partial charge >= 0.3 is 6.03 Å². The molecule has 0 bridgehead atoms. The molecule has 0 radical (unpaired) electrons. The van der Waals surface area contributed by atoms with Gasteiger partial charge in [0.1, 0.15) is 0 Å². The van der Waals surface area contributed by atoms with E-state index < -0.39 is 6.03 Å². The maximum absolute atomic E-state index is 12.1. The van der Waals surface area contributed by atoms with Crippen molar-refractivity contribution in [2.75, 3.05) is 10.6 Å². The van der Waals surface area contributed by atoms with Crippen molar-refractivity contribution in [3.05, 3.63) is 53.5 Å². The minimum atomic E-state index is -0.640. The van der Waals surface area contributed by atoms with Crippen LogP contribution >= 0.6 is 11.3 Å². The summed E-state index contributed by atoms with van der Waals surface area (Å²) in [6.07, 6.45) is 1.91. The molecule has 0 aliphatic carbocycles. The number of benzene rings is 2. The first-order valence-corrected chi connectivity index (χ1v) is 8.72. The van der Waals surface area contributed by atoms with Gasteiger partial charge in [-0.25, -0.2) is 9.78 Å². The van der Waals surface area contributed by atoms with Crippen molar-refractivity contribution in [2.24, 2.45) is 5.73 Å². The van der Waals surface area contributed by atoms with Gasteiger partial charge in [0.25, 0.3) is 0 Å². The SMILES string of the molecule is NC(=O)Nc1cccc(NC(=O)CCCc2nc3ccccc3s2)c1. The van der Waals surface area contributed by atoms with Gasteiger partial charge in [0.2, 0.25) is 5.91 Å². The Hall–Kier alpha value is -2.93. The molecule has 3 aromatic rings. The number of rotatable bonds is 6. The van der Waals surface area contributed by atoms with Gasteiger partial charge in [-0.2, -0.15) is 0 Å². The molecule has 1 heterocycles. The monoisotopic (exact) mass is 354 g/mol. The second-order valence-electron chi connectivity index (χ2n) is 5.55. The number of hydrogen-bond donors (Lipinski definition) is 3. The second-order valence-corrected chi connectivity index (χ2v) is 6.66. The van der Waals surface area contributed by atoms with Crippen molar-refractivity contribution in [1.29, 1.82) is 0 Å². The van der Waals surface area contributed by atoms with Gasteiger partial charge in [-0.15, -0.1) is 11.3 Å². The molecule has 0 aliphatic heterocycles. The molecular weight excluding hydrogens is 336 g/mol. The van der Waals surface area contributed by atoms with Crippen molar-refractivity contribution in [2.45, 2.75) is 19.3 Å². The molecule has 0 fully saturated rings. The summed E-state index contributed by atoms with van der Waals surface area (Å²) in [6, 6.07) is 14.2. The molecule has 4 N–H and O–H groups in total. The van der Waals surface area contributed by atoms with E-state index in [1.54, 1.807) is 35.6 Å². The van der Waals surface area contributed by atoms with E-state index in [1.807, 2.05) is 18.2 Å². The number of primary amides is 1. The molecule has 0 spiro atoms. The molecule has 0 aliphatic rings. The van der Waals surface area contributed by atoms with Crippen LogP contribution in [0, 0.1) is 0 Å². The molecule has 6 nitrogen and oxygen atoms in total. The van der Waals surface area contributed by atoms with Gasteiger partial charge < -0.3 is 16.4 Å². The highest BCUT2D eigenvalue weighted by Gasteiger charge is 2.07.